The molecule has 0 rings (SSSR count). The molecule has 0 aromatic rings. The summed E-state index contributed by atoms with van der Waals surface area (Å²) in [5.74, 6) is 0. The Balaban J connectivity index is -0.000000125. The second-order valence-electron chi connectivity index (χ2n) is 0.778. The molecule has 0 aromatic heterocycles. The molecular weight excluding hydrogens is 111 g/mol. The molecule has 0 bridgehead atoms. The molecule has 0 aliphatic heterocycles. The summed E-state index contributed by atoms with van der Waals surface area (Å²) >= 11 is 0. The van der Waals surface area contributed by atoms with Crippen molar-refractivity contribution < 1.29 is 39.1 Å². The van der Waals surface area contributed by atoms with Crippen molar-refractivity contribution in [3.8, 4) is 0 Å². The van der Waals surface area contributed by atoms with Crippen LogP contribution in [0.3, 0.4) is 0 Å². The maximum Gasteiger partial charge on any atom is 1.00 e. The summed E-state index contributed by atoms with van der Waals surface area (Å²) in [6.07, 6.45) is 0. The van der Waals surface area contributed by atoms with Crippen LogP contribution in [0.2, 0.25) is 0 Å². The van der Waals surface area contributed by atoms with Gasteiger partial charge in [0.15, 0.2) is 0 Å². The van der Waals surface area contributed by atoms with Crippen molar-refractivity contribution in [1.29, 1.82) is 0 Å². The summed E-state index contributed by atoms with van der Waals surface area (Å²) in [7, 11) is -3.11. The van der Waals surface area contributed by atoms with Crippen LogP contribution in [0.5, 0.6) is 0 Å². The third kappa shape index (κ3) is 10.8. The van der Waals surface area contributed by atoms with Gasteiger partial charge in [0.1, 0.15) is 0 Å². The van der Waals surface area contributed by atoms with Crippen LogP contribution in [0, 0.1) is 0 Å². The molecule has 0 unspecified atom stereocenters. The van der Waals surface area contributed by atoms with E-state index in [-0.39, 0.29) is 20.3 Å². The van der Waals surface area contributed by atoms with E-state index in [2.05, 4.69) is 4.43 Å². The van der Waals surface area contributed by atoms with E-state index < -0.39 is 9.05 Å². The Morgan fingerprint density at radius 1 is 1.43 bits per heavy atom. The Bertz CT molecular complexity index is 45.8. The Morgan fingerprint density at radius 2 is 1.57 bits per heavy atom. The van der Waals surface area contributed by atoms with Gasteiger partial charge in [-0.1, -0.05) is 0 Å². The van der Waals surface area contributed by atoms with Crippen molar-refractivity contribution in [2.24, 2.45) is 0 Å². The van der Waals surface area contributed by atoms with Crippen LogP contribution in [0.15, 0.2) is 0 Å². The number of hydrogen-bond donors (Lipinski definition) is 3. The summed E-state index contributed by atoms with van der Waals surface area (Å²) in [6.45, 7) is 0. The van der Waals surface area contributed by atoms with Gasteiger partial charge in [0.25, 0.3) is 0 Å². The smallest absolute Gasteiger partial charge is 1.00 e. The van der Waals surface area contributed by atoms with Crippen LogP contribution in [-0.4, -0.2) is 30.5 Å². The van der Waals surface area contributed by atoms with Crippen molar-refractivity contribution in [2.45, 2.75) is 0 Å². The normalized spacial score (nSPS) is 10.3. The maximum atomic E-state index is 7.85. The van der Waals surface area contributed by atoms with E-state index in [1.54, 1.807) is 0 Å². The molecule has 0 saturated carbocycles. The van der Waals surface area contributed by atoms with Gasteiger partial charge >= 0.3 is 27.9 Å². The van der Waals surface area contributed by atoms with Crippen molar-refractivity contribution in [2.75, 3.05) is 7.11 Å². The van der Waals surface area contributed by atoms with Gasteiger partial charge in [0, 0.05) is 7.11 Å². The summed E-state index contributed by atoms with van der Waals surface area (Å²) in [6, 6.07) is 0. The third-order valence-electron chi connectivity index (χ3n) is 0.274. The molecule has 0 spiro atoms. The summed E-state index contributed by atoms with van der Waals surface area (Å²) in [5, 5.41) is 0. The molecule has 7 heavy (non-hydrogen) atoms. The fourth-order valence-corrected chi connectivity index (χ4v) is 0. The van der Waals surface area contributed by atoms with E-state index in [0.717, 1.165) is 7.11 Å². The monoisotopic (exact) mass is 118 g/mol. The summed E-state index contributed by atoms with van der Waals surface area (Å²) in [5.41, 5.74) is 0. The molecule has 0 saturated heterocycles. The first-order valence-electron chi connectivity index (χ1n) is 1.28. The summed E-state index contributed by atoms with van der Waals surface area (Å²) < 4.78 is 3.74. The van der Waals surface area contributed by atoms with Crippen molar-refractivity contribution in [3.05, 3.63) is 0 Å². The third-order valence-corrected chi connectivity index (χ3v) is 0.822. The van der Waals surface area contributed by atoms with Crippen LogP contribution in [0.25, 0.3) is 0 Å². The second kappa shape index (κ2) is 3.63. The standard InChI is InChI=1S/CH6O4Si.Li.H/c1-5-6(2,3)4;;/h2-4H,1H3;;/q;+1;-1. The van der Waals surface area contributed by atoms with E-state index in [4.69, 9.17) is 14.4 Å². The van der Waals surface area contributed by atoms with E-state index in [1.165, 1.54) is 0 Å². The Kier molecular flexibility index (Phi) is 5.50. The zero-order chi connectivity index (χ0) is 5.21. The van der Waals surface area contributed by atoms with Gasteiger partial charge in [-0.3, -0.25) is 0 Å². The molecule has 0 fully saturated rings. The number of hydrogen-bond acceptors (Lipinski definition) is 4. The maximum absolute atomic E-state index is 7.85. The Hall–Kier alpha value is 0.654. The van der Waals surface area contributed by atoms with Crippen LogP contribution in [0.1, 0.15) is 1.43 Å². The molecule has 6 heteroatoms. The first kappa shape index (κ1) is 10.6. The van der Waals surface area contributed by atoms with Gasteiger partial charge in [-0.25, -0.2) is 0 Å². The van der Waals surface area contributed by atoms with Crippen LogP contribution in [-0.2, 0) is 4.43 Å². The molecule has 0 atom stereocenters. The molecule has 0 aromatic carbocycles. The van der Waals surface area contributed by atoms with Crippen LogP contribution in [0.4, 0.5) is 0 Å². The first-order chi connectivity index (χ1) is 2.56. The average Bonchev–Trinajstić information content (AvgIpc) is 1.35. The molecule has 4 nitrogen and oxygen atoms in total. The van der Waals surface area contributed by atoms with Gasteiger partial charge in [-0.2, -0.15) is 0 Å². The number of rotatable bonds is 1. The molecular formula is CH7LiO4Si. The average molecular weight is 118 g/mol. The van der Waals surface area contributed by atoms with E-state index in [1.807, 2.05) is 0 Å². The van der Waals surface area contributed by atoms with Crippen molar-refractivity contribution in [3.63, 3.8) is 0 Å². The van der Waals surface area contributed by atoms with E-state index >= 15 is 0 Å². The van der Waals surface area contributed by atoms with Gasteiger partial charge in [0.2, 0.25) is 0 Å². The van der Waals surface area contributed by atoms with Crippen molar-refractivity contribution in [1.82, 2.24) is 0 Å². The first-order valence-corrected chi connectivity index (χ1v) is 3.03. The minimum absolute atomic E-state index is 0. The van der Waals surface area contributed by atoms with E-state index in [9.17, 15) is 0 Å². The predicted octanol–water partition coefficient (Wildman–Crippen LogP) is -4.84. The molecule has 40 valence electrons. The molecule has 0 amide bonds. The fraction of sp³-hybridized carbons (Fsp3) is 1.00. The fourth-order valence-electron chi connectivity index (χ4n) is 0. The van der Waals surface area contributed by atoms with Crippen LogP contribution < -0.4 is 18.9 Å². The molecule has 3 N–H and O–H groups in total. The van der Waals surface area contributed by atoms with Crippen molar-refractivity contribution >= 4 is 9.05 Å². The zero-order valence-electron chi connectivity index (χ0n) is 5.25. The van der Waals surface area contributed by atoms with E-state index in [0.29, 0.717) is 0 Å². The largest absolute Gasteiger partial charge is 1.00 e. The molecule has 0 aliphatic carbocycles. The minimum atomic E-state index is -4.13. The topological polar surface area (TPSA) is 69.9 Å². The molecule has 0 heterocycles. The van der Waals surface area contributed by atoms with Crippen LogP contribution >= 0.6 is 0 Å². The van der Waals surface area contributed by atoms with Gasteiger partial charge < -0.3 is 20.2 Å². The van der Waals surface area contributed by atoms with Gasteiger partial charge in [-0.05, 0) is 0 Å². The zero-order valence-corrected chi connectivity index (χ0v) is 5.25. The molecule has 0 aliphatic rings. The van der Waals surface area contributed by atoms with Gasteiger partial charge in [-0.15, -0.1) is 0 Å². The quantitative estimate of drug-likeness (QED) is 0.302. The second-order valence-corrected chi connectivity index (χ2v) is 2.33. The predicted molar refractivity (Wildman–Crippen MR) is 20.5 cm³/mol. The molecule has 0 radical (unpaired) electrons. The SMILES string of the molecule is CO[Si](O)(O)O.[H-].[Li+]. The minimum Gasteiger partial charge on any atom is -1.00 e. The van der Waals surface area contributed by atoms with Gasteiger partial charge in [0.05, 0.1) is 0 Å². The Labute approximate surface area is 55.9 Å². The summed E-state index contributed by atoms with van der Waals surface area (Å²) in [4.78, 5) is 23.6. The Morgan fingerprint density at radius 3 is 1.57 bits per heavy atom.